The maximum Gasteiger partial charge on any atom is 0.323 e. The van der Waals surface area contributed by atoms with E-state index < -0.39 is 41.3 Å². The van der Waals surface area contributed by atoms with Gasteiger partial charge in [0.2, 0.25) is 5.91 Å². The van der Waals surface area contributed by atoms with Gasteiger partial charge >= 0.3 is 11.9 Å². The van der Waals surface area contributed by atoms with Gasteiger partial charge in [-0.1, -0.05) is 47.0 Å². The van der Waals surface area contributed by atoms with E-state index in [0.717, 1.165) is 32.0 Å². The number of hydrogen-bond acceptors (Lipinski definition) is 9. The second-order valence-electron chi connectivity index (χ2n) is 12.5. The first kappa shape index (κ1) is 33.4. The molecule has 1 aromatic heterocycles. The molecule has 0 unspecified atom stereocenters. The maximum atomic E-state index is 13.0. The van der Waals surface area contributed by atoms with Crippen molar-refractivity contribution in [3.63, 3.8) is 0 Å². The zero-order valence-corrected chi connectivity index (χ0v) is 25.4. The summed E-state index contributed by atoms with van der Waals surface area (Å²) in [6, 6.07) is 2.33. The van der Waals surface area contributed by atoms with Crippen LogP contribution in [0.3, 0.4) is 0 Å². The second kappa shape index (κ2) is 14.4. The number of ether oxygens (including phenoxy) is 3. The van der Waals surface area contributed by atoms with Gasteiger partial charge in [0, 0.05) is 12.8 Å². The molecule has 1 aliphatic heterocycles. The van der Waals surface area contributed by atoms with Gasteiger partial charge in [-0.05, 0) is 49.7 Å². The summed E-state index contributed by atoms with van der Waals surface area (Å²) in [5, 5.41) is 21.6. The van der Waals surface area contributed by atoms with Crippen LogP contribution in [0.25, 0.3) is 0 Å². The minimum atomic E-state index is -1.42. The second-order valence-corrected chi connectivity index (χ2v) is 12.5. The van der Waals surface area contributed by atoms with Crippen LogP contribution < -0.4 is 11.1 Å². The number of nitrogens with one attached hydrogen (secondary N) is 3. The Morgan fingerprint density at radius 1 is 1.29 bits per heavy atom. The number of aliphatic imine (C=N–C) groups is 1. The fraction of sp³-hybridized carbons (Fsp3) is 0.700. The Morgan fingerprint density at radius 3 is 2.60 bits per heavy atom. The molecule has 0 radical (unpaired) electrons. The molecule has 2 aliphatic rings. The average Bonchev–Trinajstić information content (AvgIpc) is 3.52. The quantitative estimate of drug-likeness (QED) is 0.148. The number of aromatic amines is 1. The molecule has 3 rings (SSSR count). The average molecular weight is 590 g/mol. The lowest BCUT2D eigenvalue weighted by Crippen LogP contribution is -2.48. The van der Waals surface area contributed by atoms with Crippen LogP contribution >= 0.6 is 0 Å². The highest BCUT2D eigenvalue weighted by atomic mass is 16.6. The predicted molar refractivity (Wildman–Crippen MR) is 157 cm³/mol. The Hall–Kier alpha value is -3.09. The first-order valence-electron chi connectivity index (χ1n) is 14.8. The highest BCUT2D eigenvalue weighted by molar-refractivity contribution is 6.09. The number of amides is 1. The normalized spacial score (nSPS) is 26.0. The fourth-order valence-electron chi connectivity index (χ4n) is 5.36. The van der Waals surface area contributed by atoms with Gasteiger partial charge in [0.05, 0.1) is 11.4 Å². The van der Waals surface area contributed by atoms with Crippen LogP contribution in [-0.2, 0) is 34.2 Å². The highest BCUT2D eigenvalue weighted by Gasteiger charge is 2.56. The molecular weight excluding hydrogens is 542 g/mol. The van der Waals surface area contributed by atoms with Gasteiger partial charge in [0.1, 0.15) is 36.8 Å². The summed E-state index contributed by atoms with van der Waals surface area (Å²) >= 11 is 0. The van der Waals surface area contributed by atoms with Crippen LogP contribution in [0.15, 0.2) is 17.1 Å². The molecule has 0 aromatic carbocycles. The van der Waals surface area contributed by atoms with E-state index in [1.165, 1.54) is 6.42 Å². The van der Waals surface area contributed by atoms with E-state index in [0.29, 0.717) is 24.2 Å². The van der Waals surface area contributed by atoms with Crippen LogP contribution in [0.1, 0.15) is 97.4 Å². The third-order valence-corrected chi connectivity index (χ3v) is 8.07. The Balaban J connectivity index is 1.83. The van der Waals surface area contributed by atoms with Crippen molar-refractivity contribution in [3.8, 4) is 0 Å². The van der Waals surface area contributed by atoms with E-state index in [-0.39, 0.29) is 36.7 Å². The number of carbonyl (C=O) groups is 3. The number of carbonyl (C=O) groups excluding carboxylic acids is 3. The summed E-state index contributed by atoms with van der Waals surface area (Å²) in [6.45, 7) is 8.71. The number of amidine groups is 1. The van der Waals surface area contributed by atoms with Crippen LogP contribution in [0.5, 0.6) is 0 Å². The monoisotopic (exact) mass is 589 g/mol. The Labute approximate surface area is 247 Å². The minimum Gasteiger partial charge on any atom is -0.463 e. The number of aliphatic hydroxyl groups excluding tert-OH is 1. The zero-order chi connectivity index (χ0) is 31.1. The molecule has 0 bridgehead atoms. The summed E-state index contributed by atoms with van der Waals surface area (Å²) in [7, 11) is 0. The van der Waals surface area contributed by atoms with Gasteiger partial charge in [0.15, 0.2) is 11.9 Å². The molecule has 42 heavy (non-hydrogen) atoms. The Bertz CT molecular complexity index is 1140. The molecule has 1 aliphatic carbocycles. The number of hydrogen-bond donors (Lipinski definition) is 5. The van der Waals surface area contributed by atoms with E-state index in [4.69, 9.17) is 25.4 Å². The van der Waals surface area contributed by atoms with Gasteiger partial charge < -0.3 is 35.4 Å². The molecule has 0 spiro atoms. The van der Waals surface area contributed by atoms with Crippen molar-refractivity contribution in [2.24, 2.45) is 22.1 Å². The van der Waals surface area contributed by atoms with Crippen molar-refractivity contribution < 1.29 is 33.7 Å². The maximum absolute atomic E-state index is 13.0. The summed E-state index contributed by atoms with van der Waals surface area (Å²) in [4.78, 5) is 45.0. The number of aromatic nitrogens is 1. The van der Waals surface area contributed by atoms with Crippen LogP contribution in [0, 0.1) is 16.7 Å². The van der Waals surface area contributed by atoms with E-state index in [9.17, 15) is 19.5 Å². The summed E-state index contributed by atoms with van der Waals surface area (Å²) in [5.41, 5.74) is 4.93. The van der Waals surface area contributed by atoms with Crippen LogP contribution in [0.2, 0.25) is 0 Å². The molecule has 1 aromatic rings. The Kier molecular flexibility index (Phi) is 11.4. The number of esters is 2. The molecule has 234 valence electrons. The Morgan fingerprint density at radius 2 is 1.98 bits per heavy atom. The van der Waals surface area contributed by atoms with Gasteiger partial charge in [-0.3, -0.25) is 19.8 Å². The van der Waals surface area contributed by atoms with Gasteiger partial charge in [-0.2, -0.15) is 0 Å². The molecule has 12 nitrogen and oxygen atoms in total. The largest absolute Gasteiger partial charge is 0.463 e. The third-order valence-electron chi connectivity index (χ3n) is 8.07. The first-order valence-corrected chi connectivity index (χ1v) is 14.8. The van der Waals surface area contributed by atoms with Crippen molar-refractivity contribution in [1.29, 1.82) is 5.41 Å². The topological polar surface area (TPSA) is 189 Å². The van der Waals surface area contributed by atoms with Crippen LogP contribution in [0.4, 0.5) is 0 Å². The molecule has 1 amide bonds. The SMILES string of the molecule is CCCC(=O)NC(=NC=N)c1ccc([C@]2(C)O[C@H](COC(=O)CC3CCCCC3)[C@@H](OC(=O)[C@@H](N)C(C)(C)C)[C@H]2O)[nH]1. The number of aliphatic hydroxyl groups is 1. The van der Waals surface area contributed by atoms with Gasteiger partial charge in [-0.25, -0.2) is 4.99 Å². The fourth-order valence-corrected chi connectivity index (χ4v) is 5.36. The lowest BCUT2D eigenvalue weighted by Gasteiger charge is -2.29. The molecule has 1 saturated heterocycles. The van der Waals surface area contributed by atoms with Crippen molar-refractivity contribution in [2.75, 3.05) is 6.61 Å². The van der Waals surface area contributed by atoms with Gasteiger partial charge in [0.25, 0.3) is 0 Å². The zero-order valence-electron chi connectivity index (χ0n) is 25.4. The van der Waals surface area contributed by atoms with E-state index in [2.05, 4.69) is 15.3 Å². The molecule has 1 saturated carbocycles. The first-order chi connectivity index (χ1) is 19.8. The number of H-pyrrole nitrogens is 1. The molecule has 6 N–H and O–H groups in total. The highest BCUT2D eigenvalue weighted by Crippen LogP contribution is 2.41. The van der Waals surface area contributed by atoms with Crippen molar-refractivity contribution in [2.45, 2.75) is 116 Å². The third kappa shape index (κ3) is 8.26. The number of nitrogens with two attached hydrogens (primary N) is 1. The summed E-state index contributed by atoms with van der Waals surface area (Å²) in [5.74, 6) is -0.892. The smallest absolute Gasteiger partial charge is 0.323 e. The van der Waals surface area contributed by atoms with E-state index in [1.807, 2.05) is 27.7 Å². The van der Waals surface area contributed by atoms with Crippen molar-refractivity contribution in [1.82, 2.24) is 10.3 Å². The molecule has 12 heteroatoms. The lowest BCUT2D eigenvalue weighted by atomic mass is 9.87. The molecular formula is C30H47N5O7. The lowest BCUT2D eigenvalue weighted by molar-refractivity contribution is -0.164. The van der Waals surface area contributed by atoms with Crippen molar-refractivity contribution in [3.05, 3.63) is 23.5 Å². The van der Waals surface area contributed by atoms with E-state index >= 15 is 0 Å². The summed E-state index contributed by atoms with van der Waals surface area (Å²) in [6.07, 6.45) is 3.93. The number of rotatable bonds is 11. The molecule has 5 atom stereocenters. The van der Waals surface area contributed by atoms with Gasteiger partial charge in [-0.15, -0.1) is 0 Å². The standard InChI is InChI=1S/C30H47N5O7/c1-6-10-22(36)35-27(33-17-31)19-13-14-21(34-19)30(5)26(38)24(41-28(39)25(32)29(2,3)4)20(42-30)16-40-23(37)15-18-11-8-7-9-12-18/h13-14,17-18,20,24-26,34,38H,6-12,15-16,32H2,1-5H3,(H2,31,33,35,36)/t20-,24-,25-,26-,30+/m1/s1. The van der Waals surface area contributed by atoms with Crippen molar-refractivity contribution >= 4 is 30.0 Å². The minimum absolute atomic E-state index is 0.137. The van der Waals surface area contributed by atoms with Crippen LogP contribution in [-0.4, -0.2) is 71.1 Å². The molecule has 2 fully saturated rings. The predicted octanol–water partition coefficient (Wildman–Crippen LogP) is 3.06. The number of nitrogens with zero attached hydrogens (tertiary/aromatic N) is 1. The molecule has 2 heterocycles. The van der Waals surface area contributed by atoms with E-state index in [1.54, 1.807) is 19.1 Å². The summed E-state index contributed by atoms with van der Waals surface area (Å²) < 4.78 is 17.6.